The molecule has 7 nitrogen and oxygen atoms in total. The molecular formula is C30H26N2O5S. The van der Waals surface area contributed by atoms with Crippen LogP contribution in [0.1, 0.15) is 29.7 Å². The van der Waals surface area contributed by atoms with E-state index in [2.05, 4.69) is 0 Å². The lowest BCUT2D eigenvalue weighted by Crippen LogP contribution is -2.40. The Hall–Kier alpha value is -4.43. The third-order valence-corrected chi connectivity index (χ3v) is 7.20. The number of rotatable bonds is 7. The second-order valence-electron chi connectivity index (χ2n) is 8.48. The zero-order valence-corrected chi connectivity index (χ0v) is 22.0. The van der Waals surface area contributed by atoms with E-state index < -0.39 is 12.0 Å². The van der Waals surface area contributed by atoms with Crippen LogP contribution < -0.4 is 24.4 Å². The molecular weight excluding hydrogens is 500 g/mol. The summed E-state index contributed by atoms with van der Waals surface area (Å²) < 4.78 is 18.2. The Labute approximate surface area is 223 Å². The summed E-state index contributed by atoms with van der Waals surface area (Å²) >= 11 is 1.28. The molecule has 3 aromatic carbocycles. The molecule has 1 aromatic heterocycles. The minimum Gasteiger partial charge on any atom is -0.497 e. The standard InChI is InChI=1S/C30H26N2O5S/c1-4-37-29(34)25-26(20-8-6-5-7-9-20)31-30-32(27(25)21-12-16-23(36-3)17-13-21)28(33)24(38-30)18-19-10-14-22(35-2)15-11-19/h5-18,27H,4H2,1-3H3. The van der Waals surface area contributed by atoms with E-state index in [1.54, 1.807) is 25.7 Å². The molecule has 0 fully saturated rings. The van der Waals surface area contributed by atoms with E-state index in [1.165, 1.54) is 11.3 Å². The number of fused-ring (bicyclic) bond motifs is 1. The predicted molar refractivity (Wildman–Crippen MR) is 147 cm³/mol. The van der Waals surface area contributed by atoms with Gasteiger partial charge in [-0.1, -0.05) is 65.9 Å². The SMILES string of the molecule is CCOC(=O)C1=C(c2ccccc2)N=c2sc(=Cc3ccc(OC)cc3)c(=O)n2C1c1ccc(OC)cc1. The van der Waals surface area contributed by atoms with Crippen molar-refractivity contribution in [3.8, 4) is 11.5 Å². The topological polar surface area (TPSA) is 79.1 Å². The Morgan fingerprint density at radius 2 is 1.58 bits per heavy atom. The smallest absolute Gasteiger partial charge is 0.338 e. The van der Waals surface area contributed by atoms with E-state index >= 15 is 0 Å². The van der Waals surface area contributed by atoms with Gasteiger partial charge in [-0.05, 0) is 48.4 Å². The quantitative estimate of drug-likeness (QED) is 0.341. The third-order valence-electron chi connectivity index (χ3n) is 6.22. The highest BCUT2D eigenvalue weighted by Crippen LogP contribution is 2.35. The molecule has 0 spiro atoms. The van der Waals surface area contributed by atoms with Crippen molar-refractivity contribution in [1.29, 1.82) is 0 Å². The number of ether oxygens (including phenoxy) is 3. The second kappa shape index (κ2) is 10.9. The molecule has 0 radical (unpaired) electrons. The molecule has 5 rings (SSSR count). The first-order valence-electron chi connectivity index (χ1n) is 12.1. The monoisotopic (exact) mass is 526 g/mol. The van der Waals surface area contributed by atoms with Crippen LogP contribution in [-0.4, -0.2) is 31.4 Å². The fraction of sp³-hybridized carbons (Fsp3) is 0.167. The van der Waals surface area contributed by atoms with Crippen LogP contribution in [0.5, 0.6) is 11.5 Å². The first-order chi connectivity index (χ1) is 18.5. The van der Waals surface area contributed by atoms with Crippen LogP contribution in [0.4, 0.5) is 0 Å². The molecule has 0 saturated heterocycles. The first kappa shape index (κ1) is 25.2. The number of methoxy groups -OCH3 is 2. The normalized spacial score (nSPS) is 15.0. The summed E-state index contributed by atoms with van der Waals surface area (Å²) in [5.41, 5.74) is 2.93. The molecule has 1 unspecified atom stereocenters. The summed E-state index contributed by atoms with van der Waals surface area (Å²) in [4.78, 5) is 32.7. The molecule has 192 valence electrons. The van der Waals surface area contributed by atoms with Crippen molar-refractivity contribution >= 4 is 29.1 Å². The minimum absolute atomic E-state index is 0.196. The molecule has 1 aliphatic rings. The Morgan fingerprint density at radius 3 is 2.18 bits per heavy atom. The predicted octanol–water partition coefficient (Wildman–Crippen LogP) is 3.95. The maximum Gasteiger partial charge on any atom is 0.338 e. The van der Waals surface area contributed by atoms with Crippen molar-refractivity contribution in [1.82, 2.24) is 4.57 Å². The molecule has 2 heterocycles. The van der Waals surface area contributed by atoms with E-state index in [0.717, 1.165) is 22.4 Å². The second-order valence-corrected chi connectivity index (χ2v) is 9.49. The Morgan fingerprint density at radius 1 is 0.947 bits per heavy atom. The fourth-order valence-electron chi connectivity index (χ4n) is 4.39. The number of aromatic nitrogens is 1. The van der Waals surface area contributed by atoms with Crippen molar-refractivity contribution in [3.63, 3.8) is 0 Å². The van der Waals surface area contributed by atoms with Gasteiger partial charge in [0, 0.05) is 5.56 Å². The summed E-state index contributed by atoms with van der Waals surface area (Å²) in [5.74, 6) is 0.890. The van der Waals surface area contributed by atoms with Gasteiger partial charge in [0.05, 0.1) is 42.7 Å². The van der Waals surface area contributed by atoms with Crippen molar-refractivity contribution in [2.75, 3.05) is 20.8 Å². The van der Waals surface area contributed by atoms with E-state index in [9.17, 15) is 9.59 Å². The summed E-state index contributed by atoms with van der Waals surface area (Å²) in [6.07, 6.45) is 1.82. The molecule has 0 bridgehead atoms. The number of benzene rings is 3. The van der Waals surface area contributed by atoms with Gasteiger partial charge in [-0.15, -0.1) is 0 Å². The van der Waals surface area contributed by atoms with Crippen molar-refractivity contribution in [2.24, 2.45) is 4.99 Å². The molecule has 38 heavy (non-hydrogen) atoms. The van der Waals surface area contributed by atoms with Crippen LogP contribution in [0.15, 0.2) is 94.2 Å². The zero-order valence-electron chi connectivity index (χ0n) is 21.2. The van der Waals surface area contributed by atoms with Gasteiger partial charge in [-0.25, -0.2) is 9.79 Å². The number of carbonyl (C=O) groups excluding carboxylic acids is 1. The molecule has 0 amide bonds. The highest BCUT2D eigenvalue weighted by atomic mass is 32.1. The molecule has 0 N–H and O–H groups in total. The van der Waals surface area contributed by atoms with Crippen molar-refractivity contribution < 1.29 is 19.0 Å². The van der Waals surface area contributed by atoms with Crippen LogP contribution >= 0.6 is 11.3 Å². The van der Waals surface area contributed by atoms with Crippen LogP contribution in [0.3, 0.4) is 0 Å². The molecule has 0 saturated carbocycles. The van der Waals surface area contributed by atoms with Crippen LogP contribution in [-0.2, 0) is 9.53 Å². The van der Waals surface area contributed by atoms with Gasteiger partial charge >= 0.3 is 5.97 Å². The summed E-state index contributed by atoms with van der Waals surface area (Å²) in [5, 5.41) is 0. The lowest BCUT2D eigenvalue weighted by atomic mass is 9.93. The van der Waals surface area contributed by atoms with Crippen LogP contribution in [0.2, 0.25) is 0 Å². The Kier molecular flexibility index (Phi) is 7.24. The third kappa shape index (κ3) is 4.78. The van der Waals surface area contributed by atoms with Gasteiger partial charge in [0.25, 0.3) is 5.56 Å². The number of hydrogen-bond acceptors (Lipinski definition) is 7. The molecule has 1 atom stereocenters. The molecule has 1 aliphatic heterocycles. The number of thiazole rings is 1. The lowest BCUT2D eigenvalue weighted by Gasteiger charge is -2.26. The highest BCUT2D eigenvalue weighted by molar-refractivity contribution is 7.07. The molecule has 0 aliphatic carbocycles. The number of nitrogens with zero attached hydrogens (tertiary/aromatic N) is 2. The Balaban J connectivity index is 1.79. The van der Waals surface area contributed by atoms with E-state index in [1.807, 2.05) is 84.9 Å². The Bertz CT molecular complexity index is 1670. The van der Waals surface area contributed by atoms with Gasteiger partial charge in [0.15, 0.2) is 4.80 Å². The average Bonchev–Trinajstić information content (AvgIpc) is 3.27. The summed E-state index contributed by atoms with van der Waals surface area (Å²) in [7, 11) is 3.20. The van der Waals surface area contributed by atoms with Crippen LogP contribution in [0.25, 0.3) is 11.8 Å². The summed E-state index contributed by atoms with van der Waals surface area (Å²) in [6.45, 7) is 1.95. The maximum absolute atomic E-state index is 13.9. The highest BCUT2D eigenvalue weighted by Gasteiger charge is 2.35. The molecule has 4 aromatic rings. The molecule has 8 heteroatoms. The van der Waals surface area contributed by atoms with Gasteiger partial charge in [0.2, 0.25) is 0 Å². The first-order valence-corrected chi connectivity index (χ1v) is 12.9. The van der Waals surface area contributed by atoms with Gasteiger partial charge in [0.1, 0.15) is 11.5 Å². The van der Waals surface area contributed by atoms with Gasteiger partial charge in [-0.3, -0.25) is 9.36 Å². The van der Waals surface area contributed by atoms with E-state index in [-0.39, 0.29) is 12.2 Å². The number of hydrogen-bond donors (Lipinski definition) is 0. The van der Waals surface area contributed by atoms with Crippen molar-refractivity contribution in [2.45, 2.75) is 13.0 Å². The maximum atomic E-state index is 13.9. The largest absolute Gasteiger partial charge is 0.497 e. The van der Waals surface area contributed by atoms with Gasteiger partial charge in [-0.2, -0.15) is 0 Å². The zero-order chi connectivity index (χ0) is 26.6. The number of carbonyl (C=O) groups is 1. The number of esters is 1. The van der Waals surface area contributed by atoms with Crippen molar-refractivity contribution in [3.05, 3.63) is 121 Å². The minimum atomic E-state index is -0.732. The van der Waals surface area contributed by atoms with Crippen LogP contribution in [0, 0.1) is 0 Å². The fourth-order valence-corrected chi connectivity index (χ4v) is 5.39. The van der Waals surface area contributed by atoms with E-state index in [0.29, 0.717) is 26.4 Å². The lowest BCUT2D eigenvalue weighted by molar-refractivity contribution is -0.138. The summed E-state index contributed by atoms with van der Waals surface area (Å²) in [6, 6.07) is 23.6. The van der Waals surface area contributed by atoms with E-state index in [4.69, 9.17) is 19.2 Å². The average molecular weight is 527 g/mol. The van der Waals surface area contributed by atoms with Gasteiger partial charge < -0.3 is 14.2 Å².